The molecule has 196 valence electrons. The fourth-order valence-electron chi connectivity index (χ4n) is 5.42. The maximum absolute atomic E-state index is 14.5. The predicted octanol–water partition coefficient (Wildman–Crippen LogP) is 5.04. The van der Waals surface area contributed by atoms with Crippen LogP contribution in [0.25, 0.3) is 0 Å². The van der Waals surface area contributed by atoms with Crippen LogP contribution in [-0.4, -0.2) is 41.1 Å². The number of esters is 1. The van der Waals surface area contributed by atoms with Crippen molar-refractivity contribution in [2.24, 2.45) is 10.4 Å². The van der Waals surface area contributed by atoms with Crippen LogP contribution in [0.5, 0.6) is 0 Å². The highest BCUT2D eigenvalue weighted by Crippen LogP contribution is 2.71. The lowest BCUT2D eigenvalue weighted by Crippen LogP contribution is -2.76. The van der Waals surface area contributed by atoms with E-state index in [1.165, 1.54) is 24.5 Å². The number of aromatic nitrogens is 1. The number of halogens is 3. The maximum atomic E-state index is 14.5. The zero-order chi connectivity index (χ0) is 26.8. The van der Waals surface area contributed by atoms with Gasteiger partial charge in [0.25, 0.3) is 0 Å². The van der Waals surface area contributed by atoms with E-state index in [9.17, 15) is 18.4 Å². The number of ether oxygens (including phenoxy) is 2. The predicted molar refractivity (Wildman–Crippen MR) is 133 cm³/mol. The van der Waals surface area contributed by atoms with E-state index in [1.807, 2.05) is 0 Å². The molecule has 2 bridgehead atoms. The molecule has 2 aromatic rings. The van der Waals surface area contributed by atoms with Gasteiger partial charge in [-0.25, -0.2) is 23.4 Å². The Morgan fingerprint density at radius 2 is 1.95 bits per heavy atom. The average Bonchev–Trinajstić information content (AvgIpc) is 3.31. The summed E-state index contributed by atoms with van der Waals surface area (Å²) in [6.45, 7) is 5.37. The van der Waals surface area contributed by atoms with E-state index >= 15 is 0 Å². The van der Waals surface area contributed by atoms with Gasteiger partial charge in [-0.15, -0.1) is 11.3 Å². The van der Waals surface area contributed by atoms with Gasteiger partial charge >= 0.3 is 12.1 Å². The largest absolute Gasteiger partial charge is 0.466 e. The van der Waals surface area contributed by atoms with Crippen molar-refractivity contribution in [2.45, 2.75) is 57.2 Å². The number of alkyl carbamates (subject to hydrolysis) is 1. The first-order valence-corrected chi connectivity index (χ1v) is 12.8. The number of hydrogen-bond acceptors (Lipinski definition) is 8. The SMILES string of the molecule is COC(=O)C1=C(C23CC(NC(=O)OC(C)(C)C)(C2)C3)NC(c2nccs2)=NC1c1ccc(F)c(F)c1Cl. The van der Waals surface area contributed by atoms with E-state index < -0.39 is 51.3 Å². The molecule has 1 aliphatic heterocycles. The van der Waals surface area contributed by atoms with Crippen molar-refractivity contribution in [3.63, 3.8) is 0 Å². The lowest BCUT2D eigenvalue weighted by Gasteiger charge is -2.71. The molecule has 0 radical (unpaired) electrons. The van der Waals surface area contributed by atoms with E-state index in [0.29, 0.717) is 35.8 Å². The molecule has 1 unspecified atom stereocenters. The molecule has 8 nitrogen and oxygen atoms in total. The van der Waals surface area contributed by atoms with Gasteiger partial charge in [0, 0.05) is 33.8 Å². The first-order chi connectivity index (χ1) is 17.4. The molecule has 0 saturated heterocycles. The first kappa shape index (κ1) is 25.6. The number of benzene rings is 1. The van der Waals surface area contributed by atoms with Crippen LogP contribution in [0.1, 0.15) is 56.6 Å². The highest BCUT2D eigenvalue weighted by molar-refractivity contribution is 7.11. The monoisotopic (exact) mass is 550 g/mol. The van der Waals surface area contributed by atoms with Crippen LogP contribution in [0.4, 0.5) is 13.6 Å². The fourth-order valence-corrected chi connectivity index (χ4v) is 6.27. The molecule has 3 aliphatic carbocycles. The molecule has 1 amide bonds. The van der Waals surface area contributed by atoms with Crippen LogP contribution in [0.2, 0.25) is 5.02 Å². The highest BCUT2D eigenvalue weighted by atomic mass is 35.5. The molecule has 3 fully saturated rings. The third-order valence-electron chi connectivity index (χ3n) is 6.77. The summed E-state index contributed by atoms with van der Waals surface area (Å²) >= 11 is 7.55. The molecule has 4 aliphatic rings. The van der Waals surface area contributed by atoms with Gasteiger partial charge in [-0.3, -0.25) is 4.99 Å². The zero-order valence-electron chi connectivity index (χ0n) is 20.6. The van der Waals surface area contributed by atoms with Crippen molar-refractivity contribution < 1.29 is 27.8 Å². The normalized spacial score (nSPS) is 26.4. The second-order valence-electron chi connectivity index (χ2n) is 10.6. The summed E-state index contributed by atoms with van der Waals surface area (Å²) in [6, 6.07) is 1.20. The zero-order valence-corrected chi connectivity index (χ0v) is 22.2. The van der Waals surface area contributed by atoms with Crippen LogP contribution < -0.4 is 10.6 Å². The number of carbonyl (C=O) groups excluding carboxylic acids is 2. The molecule has 3 saturated carbocycles. The van der Waals surface area contributed by atoms with Crippen LogP contribution in [0.3, 0.4) is 0 Å². The minimum Gasteiger partial charge on any atom is -0.466 e. The number of allylic oxidation sites excluding steroid dienone is 1. The van der Waals surface area contributed by atoms with E-state index in [4.69, 9.17) is 21.1 Å². The van der Waals surface area contributed by atoms with E-state index in [2.05, 4.69) is 20.6 Å². The van der Waals surface area contributed by atoms with Crippen molar-refractivity contribution in [2.75, 3.05) is 7.11 Å². The number of thiazole rings is 1. The standard InChI is InChI=1S/C25H25ClF2N4O4S/c1-23(2,3)36-22(34)32-25-9-24(10-25,11-25)18-14(21(33)35-4)17(12-5-6-13(27)16(28)15(12)26)30-19(31-18)20-29-7-8-37-20/h5-8,17H,9-11H2,1-4H3,(H,30,31)(H,32,34). The molecule has 1 aromatic heterocycles. The molecular weight excluding hydrogens is 526 g/mol. The van der Waals surface area contributed by atoms with Gasteiger partial charge < -0.3 is 20.1 Å². The number of aliphatic imine (C=N–C) groups is 1. The summed E-state index contributed by atoms with van der Waals surface area (Å²) in [4.78, 5) is 34.5. The van der Waals surface area contributed by atoms with Crippen LogP contribution >= 0.6 is 22.9 Å². The summed E-state index contributed by atoms with van der Waals surface area (Å²) < 4.78 is 38.8. The summed E-state index contributed by atoms with van der Waals surface area (Å²) in [7, 11) is 1.24. The van der Waals surface area contributed by atoms with E-state index in [1.54, 1.807) is 32.3 Å². The number of methoxy groups -OCH3 is 1. The van der Waals surface area contributed by atoms with E-state index in [0.717, 1.165) is 6.07 Å². The minimum atomic E-state index is -1.22. The molecule has 2 heterocycles. The fraction of sp³-hybridized carbons (Fsp3) is 0.440. The smallest absolute Gasteiger partial charge is 0.408 e. The Balaban J connectivity index is 1.54. The Hall–Kier alpha value is -3.05. The highest BCUT2D eigenvalue weighted by Gasteiger charge is 2.71. The van der Waals surface area contributed by atoms with Crippen molar-refractivity contribution in [1.82, 2.24) is 15.6 Å². The second-order valence-corrected chi connectivity index (χ2v) is 11.9. The molecule has 1 aromatic carbocycles. The van der Waals surface area contributed by atoms with Crippen molar-refractivity contribution >= 4 is 40.8 Å². The van der Waals surface area contributed by atoms with Gasteiger partial charge in [-0.05, 0) is 46.1 Å². The molecule has 1 atom stereocenters. The lowest BCUT2D eigenvalue weighted by atomic mass is 9.37. The minimum absolute atomic E-state index is 0.127. The Morgan fingerprint density at radius 3 is 2.54 bits per heavy atom. The van der Waals surface area contributed by atoms with Gasteiger partial charge in [0.1, 0.15) is 11.6 Å². The Morgan fingerprint density at radius 1 is 1.24 bits per heavy atom. The molecule has 0 spiro atoms. The number of nitrogens with zero attached hydrogens (tertiary/aromatic N) is 2. The van der Waals surface area contributed by atoms with Crippen LogP contribution in [0.15, 0.2) is 40.0 Å². The second kappa shape index (κ2) is 8.76. The van der Waals surface area contributed by atoms with Crippen molar-refractivity contribution in [3.05, 3.63) is 62.2 Å². The van der Waals surface area contributed by atoms with Gasteiger partial charge in [0.05, 0.1) is 17.7 Å². The summed E-state index contributed by atoms with van der Waals surface area (Å²) in [5.41, 5.74) is -0.738. The van der Waals surface area contributed by atoms with E-state index in [-0.39, 0.29) is 11.1 Å². The number of rotatable bonds is 5. The van der Waals surface area contributed by atoms with Gasteiger partial charge in [0.2, 0.25) is 0 Å². The quantitative estimate of drug-likeness (QED) is 0.399. The Bertz CT molecular complexity index is 1330. The van der Waals surface area contributed by atoms with Crippen LogP contribution in [-0.2, 0) is 14.3 Å². The molecule has 6 rings (SSSR count). The summed E-state index contributed by atoms with van der Waals surface area (Å²) in [6.07, 6.45) is 2.75. The summed E-state index contributed by atoms with van der Waals surface area (Å²) in [5.74, 6) is -2.62. The lowest BCUT2D eigenvalue weighted by molar-refractivity contribution is -0.140. The Kier molecular flexibility index (Phi) is 6.06. The molecule has 37 heavy (non-hydrogen) atoms. The van der Waals surface area contributed by atoms with Gasteiger partial charge in [-0.2, -0.15) is 0 Å². The van der Waals surface area contributed by atoms with Crippen molar-refractivity contribution in [1.29, 1.82) is 0 Å². The topological polar surface area (TPSA) is 102 Å². The summed E-state index contributed by atoms with van der Waals surface area (Å²) in [5, 5.41) is 8.11. The van der Waals surface area contributed by atoms with Gasteiger partial charge in [-0.1, -0.05) is 17.7 Å². The number of amides is 1. The Labute approximate surface area is 221 Å². The van der Waals surface area contributed by atoms with Crippen LogP contribution in [0, 0.1) is 17.0 Å². The van der Waals surface area contributed by atoms with Crippen molar-refractivity contribution in [3.8, 4) is 0 Å². The maximum Gasteiger partial charge on any atom is 0.408 e. The molecular formula is C25H25ClF2N4O4S. The third kappa shape index (κ3) is 4.37. The average molecular weight is 551 g/mol. The molecule has 2 N–H and O–H groups in total. The third-order valence-corrected chi connectivity index (χ3v) is 7.93. The number of nitrogens with one attached hydrogen (secondary N) is 2. The number of hydrogen-bond donors (Lipinski definition) is 2. The molecule has 12 heteroatoms. The number of carbonyl (C=O) groups is 2. The first-order valence-electron chi connectivity index (χ1n) is 11.6. The number of amidine groups is 1. The van der Waals surface area contributed by atoms with Gasteiger partial charge in [0.15, 0.2) is 22.5 Å².